The highest BCUT2D eigenvalue weighted by Gasteiger charge is 2.08. The summed E-state index contributed by atoms with van der Waals surface area (Å²) in [5, 5.41) is 12.4. The molecule has 0 aliphatic rings. The van der Waals surface area contributed by atoms with Gasteiger partial charge in [-0.15, -0.1) is 24.8 Å². The van der Waals surface area contributed by atoms with Crippen molar-refractivity contribution in [1.29, 1.82) is 0 Å². The summed E-state index contributed by atoms with van der Waals surface area (Å²) in [6.07, 6.45) is 1.11. The largest absolute Gasteiger partial charge is 0.478 e. The molecule has 0 saturated carbocycles. The predicted octanol–water partition coefficient (Wildman–Crippen LogP) is 4.31. The van der Waals surface area contributed by atoms with Crippen molar-refractivity contribution in [2.45, 2.75) is 26.8 Å². The number of hydrogen-bond acceptors (Lipinski definition) is 4. The van der Waals surface area contributed by atoms with Crippen LogP contribution in [0.2, 0.25) is 0 Å². The van der Waals surface area contributed by atoms with E-state index in [2.05, 4.69) is 24.1 Å². The fourth-order valence-electron chi connectivity index (χ4n) is 2.61. The molecule has 0 atom stereocenters. The number of furan rings is 1. The van der Waals surface area contributed by atoms with Crippen LogP contribution in [0.4, 0.5) is 0 Å². The van der Waals surface area contributed by atoms with E-state index < -0.39 is 5.97 Å². The third-order valence-corrected chi connectivity index (χ3v) is 4.08. The lowest BCUT2D eigenvalue weighted by molar-refractivity contribution is 0.0697. The zero-order valence-electron chi connectivity index (χ0n) is 15.2. The highest BCUT2D eigenvalue weighted by molar-refractivity contribution is 5.89. The van der Waals surface area contributed by atoms with Crippen LogP contribution in [0.25, 0.3) is 11.3 Å². The zero-order valence-corrected chi connectivity index (χ0v) is 16.9. The van der Waals surface area contributed by atoms with Gasteiger partial charge in [0, 0.05) is 5.56 Å². The Hall–Kier alpha value is -1.53. The molecule has 2 aromatic rings. The zero-order chi connectivity index (χ0) is 17.4. The lowest BCUT2D eigenvalue weighted by atomic mass is 10.1. The summed E-state index contributed by atoms with van der Waals surface area (Å²) in [4.78, 5) is 13.4. The summed E-state index contributed by atoms with van der Waals surface area (Å²) in [5.74, 6) is 0.616. The molecule has 0 bridgehead atoms. The van der Waals surface area contributed by atoms with E-state index in [1.807, 2.05) is 18.2 Å². The average molecular weight is 403 g/mol. The smallest absolute Gasteiger partial charge is 0.335 e. The van der Waals surface area contributed by atoms with Crippen LogP contribution in [0.15, 0.2) is 40.8 Å². The molecule has 1 aromatic carbocycles. The summed E-state index contributed by atoms with van der Waals surface area (Å²) in [6.45, 7) is 9.27. The van der Waals surface area contributed by atoms with Crippen molar-refractivity contribution in [3.8, 4) is 11.3 Å². The fourth-order valence-corrected chi connectivity index (χ4v) is 2.61. The number of nitrogens with one attached hydrogen (secondary N) is 1. The maximum absolute atomic E-state index is 11.0. The molecule has 0 spiro atoms. The van der Waals surface area contributed by atoms with Gasteiger partial charge < -0.3 is 19.7 Å². The van der Waals surface area contributed by atoms with Crippen molar-refractivity contribution in [3.63, 3.8) is 0 Å². The molecule has 146 valence electrons. The molecule has 7 heteroatoms. The number of carbonyl (C=O) groups is 1. The molecule has 0 aliphatic heterocycles. The minimum absolute atomic E-state index is 0. The number of rotatable bonds is 10. The molecule has 5 nitrogen and oxygen atoms in total. The van der Waals surface area contributed by atoms with E-state index in [4.69, 9.17) is 9.52 Å². The fraction of sp³-hybridized carbons (Fsp3) is 0.421. The van der Waals surface area contributed by atoms with Crippen LogP contribution in [-0.2, 0) is 6.54 Å². The van der Waals surface area contributed by atoms with Crippen molar-refractivity contribution in [2.24, 2.45) is 0 Å². The number of hydrogen-bond donors (Lipinski definition) is 2. The van der Waals surface area contributed by atoms with E-state index in [1.165, 1.54) is 0 Å². The summed E-state index contributed by atoms with van der Waals surface area (Å²) >= 11 is 0. The van der Waals surface area contributed by atoms with Crippen LogP contribution >= 0.6 is 24.8 Å². The second-order valence-corrected chi connectivity index (χ2v) is 5.71. The molecule has 2 N–H and O–H groups in total. The van der Waals surface area contributed by atoms with E-state index >= 15 is 0 Å². The Morgan fingerprint density at radius 1 is 1.15 bits per heavy atom. The summed E-state index contributed by atoms with van der Waals surface area (Å²) < 4.78 is 5.81. The minimum atomic E-state index is -0.932. The maximum atomic E-state index is 11.0. The van der Waals surface area contributed by atoms with Crippen LogP contribution in [-0.4, -0.2) is 42.2 Å². The molecule has 0 saturated heterocycles. The third kappa shape index (κ3) is 7.38. The number of nitrogens with zero attached hydrogens (tertiary/aromatic N) is 1. The molecule has 0 fully saturated rings. The van der Waals surface area contributed by atoms with Crippen molar-refractivity contribution in [3.05, 3.63) is 47.7 Å². The molecule has 0 aliphatic carbocycles. The Kier molecular flexibility index (Phi) is 12.0. The van der Waals surface area contributed by atoms with Crippen molar-refractivity contribution < 1.29 is 14.3 Å². The van der Waals surface area contributed by atoms with Gasteiger partial charge in [-0.05, 0) is 56.9 Å². The van der Waals surface area contributed by atoms with Gasteiger partial charge in [-0.3, -0.25) is 0 Å². The molecule has 1 heterocycles. The van der Waals surface area contributed by atoms with Gasteiger partial charge in [-0.2, -0.15) is 0 Å². The van der Waals surface area contributed by atoms with E-state index in [0.29, 0.717) is 12.3 Å². The van der Waals surface area contributed by atoms with Crippen LogP contribution in [0.1, 0.15) is 36.4 Å². The van der Waals surface area contributed by atoms with Crippen molar-refractivity contribution in [1.82, 2.24) is 10.2 Å². The Labute approximate surface area is 167 Å². The first-order valence-corrected chi connectivity index (χ1v) is 8.49. The van der Waals surface area contributed by atoms with Crippen molar-refractivity contribution in [2.75, 3.05) is 26.2 Å². The van der Waals surface area contributed by atoms with Gasteiger partial charge in [0.1, 0.15) is 11.5 Å². The SMILES string of the molecule is CCN(CC)CCCNCc1ccc(-c2cccc(C(=O)O)c2)o1.Cl.Cl. The van der Waals surface area contributed by atoms with Crippen molar-refractivity contribution >= 4 is 30.8 Å². The van der Waals surface area contributed by atoms with E-state index in [-0.39, 0.29) is 30.4 Å². The Balaban J connectivity index is 0.00000312. The maximum Gasteiger partial charge on any atom is 0.335 e. The number of carboxylic acid groups (broad SMARTS) is 1. The van der Waals surface area contributed by atoms with Crippen LogP contribution in [0.5, 0.6) is 0 Å². The first-order chi connectivity index (χ1) is 11.6. The van der Waals surface area contributed by atoms with E-state index in [1.54, 1.807) is 18.2 Å². The molecule has 1 aromatic heterocycles. The van der Waals surface area contributed by atoms with Gasteiger partial charge in [0.2, 0.25) is 0 Å². The van der Waals surface area contributed by atoms with Crippen LogP contribution in [0.3, 0.4) is 0 Å². The number of carboxylic acids is 1. The molecule has 2 rings (SSSR count). The second-order valence-electron chi connectivity index (χ2n) is 5.71. The molecule has 26 heavy (non-hydrogen) atoms. The predicted molar refractivity (Wildman–Crippen MR) is 110 cm³/mol. The topological polar surface area (TPSA) is 65.7 Å². The Morgan fingerprint density at radius 2 is 1.88 bits per heavy atom. The first kappa shape index (κ1) is 24.5. The molecule has 0 radical (unpaired) electrons. The lowest BCUT2D eigenvalue weighted by Crippen LogP contribution is -2.27. The lowest BCUT2D eigenvalue weighted by Gasteiger charge is -2.17. The molecular formula is C19H28Cl2N2O3. The molecular weight excluding hydrogens is 375 g/mol. The second kappa shape index (κ2) is 12.8. The molecule has 0 amide bonds. The Morgan fingerprint density at radius 3 is 2.54 bits per heavy atom. The van der Waals surface area contributed by atoms with Gasteiger partial charge in [0.15, 0.2) is 0 Å². The minimum Gasteiger partial charge on any atom is -0.478 e. The standard InChI is InChI=1S/C19H26N2O3.2ClH/c1-3-21(4-2)12-6-11-20-14-17-9-10-18(24-17)15-7-5-8-16(13-15)19(22)23;;/h5,7-10,13,20H,3-4,6,11-12,14H2,1-2H3,(H,22,23);2*1H. The van der Waals surface area contributed by atoms with E-state index in [0.717, 1.165) is 43.9 Å². The molecule has 0 unspecified atom stereocenters. The van der Waals surface area contributed by atoms with E-state index in [9.17, 15) is 4.79 Å². The summed E-state index contributed by atoms with van der Waals surface area (Å²) in [5.41, 5.74) is 1.04. The van der Waals surface area contributed by atoms with Gasteiger partial charge in [-0.25, -0.2) is 4.79 Å². The van der Waals surface area contributed by atoms with Gasteiger partial charge in [0.25, 0.3) is 0 Å². The number of benzene rings is 1. The third-order valence-electron chi connectivity index (χ3n) is 4.08. The highest BCUT2D eigenvalue weighted by atomic mass is 35.5. The summed E-state index contributed by atoms with van der Waals surface area (Å²) in [7, 11) is 0. The van der Waals surface area contributed by atoms with Crippen LogP contribution < -0.4 is 5.32 Å². The number of halogens is 2. The van der Waals surface area contributed by atoms with Gasteiger partial charge >= 0.3 is 5.97 Å². The monoisotopic (exact) mass is 402 g/mol. The first-order valence-electron chi connectivity index (χ1n) is 8.49. The summed E-state index contributed by atoms with van der Waals surface area (Å²) in [6, 6.07) is 10.6. The van der Waals surface area contributed by atoms with Gasteiger partial charge in [0.05, 0.1) is 12.1 Å². The van der Waals surface area contributed by atoms with Gasteiger partial charge in [-0.1, -0.05) is 26.0 Å². The quantitative estimate of drug-likeness (QED) is 0.579. The average Bonchev–Trinajstić information content (AvgIpc) is 3.07. The normalized spacial score (nSPS) is 10.3. The van der Waals surface area contributed by atoms with Crippen LogP contribution in [0, 0.1) is 0 Å². The Bertz CT molecular complexity index is 658. The number of aromatic carboxylic acids is 1. The highest BCUT2D eigenvalue weighted by Crippen LogP contribution is 2.23.